The summed E-state index contributed by atoms with van der Waals surface area (Å²) in [5.74, 6) is 0.766. The van der Waals surface area contributed by atoms with E-state index in [1.165, 1.54) is 0 Å². The number of hydrogen-bond acceptors (Lipinski definition) is 6. The Labute approximate surface area is 201 Å². The van der Waals surface area contributed by atoms with E-state index in [4.69, 9.17) is 16.6 Å². The topological polar surface area (TPSA) is 64.8 Å². The van der Waals surface area contributed by atoms with Crippen LogP contribution >= 0.6 is 22.9 Å². The summed E-state index contributed by atoms with van der Waals surface area (Å²) in [6.45, 7) is 5.92. The van der Waals surface area contributed by atoms with E-state index in [2.05, 4.69) is 39.5 Å². The smallest absolute Gasteiger partial charge is 0.147 e. The van der Waals surface area contributed by atoms with Crippen LogP contribution in [0.1, 0.15) is 17.7 Å². The molecule has 4 heterocycles. The molecule has 0 aliphatic carbocycles. The van der Waals surface area contributed by atoms with Gasteiger partial charge in [-0.1, -0.05) is 41.9 Å². The number of pyridine rings is 1. The zero-order valence-corrected chi connectivity index (χ0v) is 19.8. The van der Waals surface area contributed by atoms with E-state index in [1.807, 2.05) is 36.7 Å². The number of halogens is 1. The first kappa shape index (κ1) is 20.6. The van der Waals surface area contributed by atoms with Crippen molar-refractivity contribution in [3.05, 3.63) is 64.3 Å². The second-order valence-corrected chi connectivity index (χ2v) is 10.3. The zero-order valence-electron chi connectivity index (χ0n) is 18.2. The SMILES string of the molecule is Cc1ncsc1-c1ccc2c(-c3ccccc3Cl)c(C#N)c(N3CCC4(CNC4)C3)nc2c1. The molecule has 2 aromatic carbocycles. The monoisotopic (exact) mass is 471 g/mol. The van der Waals surface area contributed by atoms with Crippen molar-refractivity contribution in [3.8, 4) is 27.6 Å². The first-order valence-corrected chi connectivity index (χ1v) is 12.3. The Kier molecular flexibility index (Phi) is 4.88. The molecule has 164 valence electrons. The third-order valence-electron chi connectivity index (χ3n) is 6.97. The van der Waals surface area contributed by atoms with Crippen molar-refractivity contribution in [2.45, 2.75) is 13.3 Å². The highest BCUT2D eigenvalue weighted by atomic mass is 35.5. The van der Waals surface area contributed by atoms with Crippen molar-refractivity contribution < 1.29 is 0 Å². The Morgan fingerprint density at radius 2 is 2.06 bits per heavy atom. The molecule has 1 N–H and O–H groups in total. The highest BCUT2D eigenvalue weighted by Gasteiger charge is 2.44. The fourth-order valence-electron chi connectivity index (χ4n) is 5.13. The number of hydrogen-bond donors (Lipinski definition) is 1. The fraction of sp³-hybridized carbons (Fsp3) is 0.269. The van der Waals surface area contributed by atoms with Crippen molar-refractivity contribution in [2.75, 3.05) is 31.1 Å². The molecule has 4 aromatic rings. The number of nitrogens with one attached hydrogen (secondary N) is 1. The molecule has 0 saturated carbocycles. The number of rotatable bonds is 3. The molecule has 0 bridgehead atoms. The molecule has 5 nitrogen and oxygen atoms in total. The molecule has 0 radical (unpaired) electrons. The van der Waals surface area contributed by atoms with Gasteiger partial charge in [0.15, 0.2) is 0 Å². The predicted molar refractivity (Wildman–Crippen MR) is 135 cm³/mol. The highest BCUT2D eigenvalue weighted by molar-refractivity contribution is 7.13. The molecular weight excluding hydrogens is 450 g/mol. The van der Waals surface area contributed by atoms with Gasteiger partial charge in [0, 0.05) is 53.1 Å². The number of benzene rings is 2. The van der Waals surface area contributed by atoms with E-state index < -0.39 is 0 Å². The number of thiazole rings is 1. The molecule has 2 aliphatic rings. The number of aromatic nitrogens is 2. The van der Waals surface area contributed by atoms with Gasteiger partial charge in [-0.05, 0) is 31.0 Å². The van der Waals surface area contributed by atoms with Crippen molar-refractivity contribution in [1.29, 1.82) is 5.26 Å². The minimum atomic E-state index is 0.301. The summed E-state index contributed by atoms with van der Waals surface area (Å²) >= 11 is 8.28. The van der Waals surface area contributed by atoms with Crippen LogP contribution in [0.3, 0.4) is 0 Å². The van der Waals surface area contributed by atoms with Crippen molar-refractivity contribution in [1.82, 2.24) is 15.3 Å². The first-order valence-electron chi connectivity index (χ1n) is 11.1. The van der Waals surface area contributed by atoms with Crippen LogP contribution in [0.25, 0.3) is 32.5 Å². The van der Waals surface area contributed by atoms with Gasteiger partial charge in [-0.2, -0.15) is 5.26 Å². The van der Waals surface area contributed by atoms with Gasteiger partial charge in [-0.3, -0.25) is 0 Å². The molecule has 2 aliphatic heterocycles. The maximum atomic E-state index is 10.3. The molecular formula is C26H22ClN5S. The van der Waals surface area contributed by atoms with E-state index in [0.717, 1.165) is 76.6 Å². The molecule has 2 saturated heterocycles. The van der Waals surface area contributed by atoms with Crippen LogP contribution in [-0.2, 0) is 0 Å². The summed E-state index contributed by atoms with van der Waals surface area (Å²) < 4.78 is 0. The van der Waals surface area contributed by atoms with Crippen LogP contribution in [0.4, 0.5) is 5.82 Å². The van der Waals surface area contributed by atoms with E-state index in [-0.39, 0.29) is 0 Å². The van der Waals surface area contributed by atoms with Gasteiger partial charge < -0.3 is 10.2 Å². The molecule has 0 amide bonds. The van der Waals surface area contributed by atoms with E-state index >= 15 is 0 Å². The fourth-order valence-corrected chi connectivity index (χ4v) is 6.17. The first-order chi connectivity index (χ1) is 16.1. The summed E-state index contributed by atoms with van der Waals surface area (Å²) in [4.78, 5) is 12.9. The van der Waals surface area contributed by atoms with Crippen LogP contribution in [0.2, 0.25) is 5.02 Å². The minimum absolute atomic E-state index is 0.301. The lowest BCUT2D eigenvalue weighted by atomic mass is 9.81. The zero-order chi connectivity index (χ0) is 22.6. The van der Waals surface area contributed by atoms with E-state index in [9.17, 15) is 5.26 Å². The minimum Gasteiger partial charge on any atom is -0.355 e. The normalized spacial score (nSPS) is 16.8. The van der Waals surface area contributed by atoms with E-state index in [0.29, 0.717) is 16.0 Å². The van der Waals surface area contributed by atoms with Gasteiger partial charge in [0.25, 0.3) is 0 Å². The number of anilines is 1. The van der Waals surface area contributed by atoms with Crippen molar-refractivity contribution >= 4 is 39.7 Å². The highest BCUT2D eigenvalue weighted by Crippen LogP contribution is 2.43. The quantitative estimate of drug-likeness (QED) is 0.417. The van der Waals surface area contributed by atoms with Crippen LogP contribution in [0.5, 0.6) is 0 Å². The molecule has 2 aromatic heterocycles. The van der Waals surface area contributed by atoms with Gasteiger partial charge in [0.1, 0.15) is 17.5 Å². The Bertz CT molecular complexity index is 1430. The summed E-state index contributed by atoms with van der Waals surface area (Å²) in [6, 6.07) is 16.5. The van der Waals surface area contributed by atoms with Gasteiger partial charge >= 0.3 is 0 Å². The van der Waals surface area contributed by atoms with E-state index in [1.54, 1.807) is 11.3 Å². The third kappa shape index (κ3) is 3.31. The molecule has 1 spiro atoms. The summed E-state index contributed by atoms with van der Waals surface area (Å²) in [5.41, 5.74) is 7.48. The third-order valence-corrected chi connectivity index (χ3v) is 8.27. The predicted octanol–water partition coefficient (Wildman–Crippen LogP) is 5.66. The largest absolute Gasteiger partial charge is 0.355 e. The van der Waals surface area contributed by atoms with Gasteiger partial charge in [-0.25, -0.2) is 9.97 Å². The summed E-state index contributed by atoms with van der Waals surface area (Å²) in [5, 5.41) is 15.3. The lowest BCUT2D eigenvalue weighted by Crippen LogP contribution is -2.54. The number of fused-ring (bicyclic) bond motifs is 1. The molecule has 33 heavy (non-hydrogen) atoms. The lowest BCUT2D eigenvalue weighted by molar-refractivity contribution is 0.199. The Balaban J connectivity index is 1.61. The number of aryl methyl sites for hydroxylation is 1. The summed E-state index contributed by atoms with van der Waals surface area (Å²) in [7, 11) is 0. The lowest BCUT2D eigenvalue weighted by Gasteiger charge is -2.39. The number of nitrogens with zero attached hydrogens (tertiary/aromatic N) is 4. The van der Waals surface area contributed by atoms with Gasteiger partial charge in [0.05, 0.1) is 21.6 Å². The van der Waals surface area contributed by atoms with Crippen LogP contribution in [0, 0.1) is 23.7 Å². The van der Waals surface area contributed by atoms with Gasteiger partial charge in [0.2, 0.25) is 0 Å². The molecule has 0 unspecified atom stereocenters. The standard InChI is InChI=1S/C26H22ClN5S/c1-16-24(33-15-30-16)17-6-7-19-22(10-17)31-25(32-9-8-26(14-32)12-29-13-26)20(11-28)23(19)18-4-2-3-5-21(18)27/h2-7,10,15,29H,8-9,12-14H2,1H3. The molecule has 6 rings (SSSR count). The number of nitriles is 1. The average Bonchev–Trinajstić information content (AvgIpc) is 3.45. The van der Waals surface area contributed by atoms with Gasteiger partial charge in [-0.15, -0.1) is 11.3 Å². The molecule has 7 heteroatoms. The van der Waals surface area contributed by atoms with Crippen LogP contribution < -0.4 is 10.2 Å². The molecule has 2 fully saturated rings. The second-order valence-electron chi connectivity index (χ2n) is 9.05. The maximum absolute atomic E-state index is 10.3. The van der Waals surface area contributed by atoms with Crippen LogP contribution in [-0.4, -0.2) is 36.1 Å². The Morgan fingerprint density at radius 3 is 2.73 bits per heavy atom. The average molecular weight is 472 g/mol. The van der Waals surface area contributed by atoms with Crippen molar-refractivity contribution in [2.24, 2.45) is 5.41 Å². The maximum Gasteiger partial charge on any atom is 0.147 e. The van der Waals surface area contributed by atoms with Crippen molar-refractivity contribution in [3.63, 3.8) is 0 Å². The Hall–Kier alpha value is -2.98. The Morgan fingerprint density at radius 1 is 1.21 bits per heavy atom. The molecule has 0 atom stereocenters. The summed E-state index contributed by atoms with van der Waals surface area (Å²) in [6.07, 6.45) is 1.12. The van der Waals surface area contributed by atoms with Crippen LogP contribution in [0.15, 0.2) is 48.0 Å². The second kappa shape index (κ2) is 7.81.